The number of fused-ring (bicyclic) bond motifs is 1. The first-order chi connectivity index (χ1) is 13.1. The van der Waals surface area contributed by atoms with E-state index in [1.165, 1.54) is 12.1 Å². The summed E-state index contributed by atoms with van der Waals surface area (Å²) in [5.41, 5.74) is 2.92. The number of carbonyl (C=O) groups is 1. The number of alkyl halides is 3. The molecule has 4 rings (SSSR count). The largest absolute Gasteiger partial charge is 0.416 e. The maximum absolute atomic E-state index is 12.9. The van der Waals surface area contributed by atoms with Crippen LogP contribution in [0, 0.1) is 11.3 Å². The first kappa shape index (κ1) is 19.6. The summed E-state index contributed by atoms with van der Waals surface area (Å²) in [5.74, 6) is -1.04. The van der Waals surface area contributed by atoms with Gasteiger partial charge in [0.1, 0.15) is 0 Å². The Kier molecular flexibility index (Phi) is 4.66. The molecule has 2 heterocycles. The highest BCUT2D eigenvalue weighted by Crippen LogP contribution is 2.58. The maximum atomic E-state index is 12.9. The van der Waals surface area contributed by atoms with Crippen molar-refractivity contribution in [2.45, 2.75) is 50.5 Å². The molecule has 1 aliphatic carbocycles. The zero-order valence-corrected chi connectivity index (χ0v) is 15.2. The average molecular weight is 400 g/mol. The Labute approximate surface area is 159 Å². The number of nitrogens with zero attached hydrogens (tertiary/aromatic N) is 1. The second-order valence-electron chi connectivity index (χ2n) is 8.05. The van der Waals surface area contributed by atoms with Gasteiger partial charge in [0.25, 0.3) is 0 Å². The molecule has 4 unspecified atom stereocenters. The lowest BCUT2D eigenvalue weighted by Crippen LogP contribution is -2.65. The van der Waals surface area contributed by atoms with Crippen LogP contribution in [-0.4, -0.2) is 46.3 Å². The van der Waals surface area contributed by atoms with Crippen molar-refractivity contribution in [1.82, 2.24) is 21.1 Å². The molecule has 0 aromatic heterocycles. The predicted molar refractivity (Wildman–Crippen MR) is 91.9 cm³/mol. The van der Waals surface area contributed by atoms with Crippen molar-refractivity contribution >= 4 is 5.91 Å². The van der Waals surface area contributed by atoms with Gasteiger partial charge in [-0.1, -0.05) is 19.1 Å². The van der Waals surface area contributed by atoms with Crippen LogP contribution in [0.15, 0.2) is 24.3 Å². The van der Waals surface area contributed by atoms with E-state index in [1.54, 1.807) is 5.01 Å². The number of benzene rings is 1. The Morgan fingerprint density at radius 2 is 1.93 bits per heavy atom. The number of carbonyl (C=O) groups excluding carboxylic acids is 1. The monoisotopic (exact) mass is 400 g/mol. The number of aliphatic hydroxyl groups is 2. The summed E-state index contributed by atoms with van der Waals surface area (Å²) in [5, 5.41) is 26.7. The van der Waals surface area contributed by atoms with Gasteiger partial charge in [-0.05, 0) is 36.0 Å². The Balaban J connectivity index is 1.69. The summed E-state index contributed by atoms with van der Waals surface area (Å²) in [6.07, 6.45) is -4.50. The van der Waals surface area contributed by atoms with E-state index in [9.17, 15) is 28.2 Å². The third kappa shape index (κ3) is 3.29. The number of hydrazine groups is 1. The van der Waals surface area contributed by atoms with Gasteiger partial charge in [0.2, 0.25) is 5.91 Å². The molecule has 5 atom stereocenters. The summed E-state index contributed by atoms with van der Waals surface area (Å²) in [4.78, 5) is 12.4. The third-order valence-electron chi connectivity index (χ3n) is 6.03. The normalized spacial score (nSPS) is 33.3. The summed E-state index contributed by atoms with van der Waals surface area (Å²) >= 11 is 0. The van der Waals surface area contributed by atoms with E-state index in [-0.39, 0.29) is 18.1 Å². The van der Waals surface area contributed by atoms with Crippen molar-refractivity contribution in [3.63, 3.8) is 0 Å². The second-order valence-corrected chi connectivity index (χ2v) is 8.05. The fourth-order valence-electron chi connectivity index (χ4n) is 4.30. The molecule has 28 heavy (non-hydrogen) atoms. The summed E-state index contributed by atoms with van der Waals surface area (Å²) in [6.45, 7) is 1.75. The van der Waals surface area contributed by atoms with Gasteiger partial charge in [0.15, 0.2) is 6.35 Å². The van der Waals surface area contributed by atoms with Crippen LogP contribution >= 0.6 is 0 Å². The minimum absolute atomic E-state index is 0.192. The highest BCUT2D eigenvalue weighted by Gasteiger charge is 2.57. The van der Waals surface area contributed by atoms with E-state index in [4.69, 9.17) is 0 Å². The van der Waals surface area contributed by atoms with Gasteiger partial charge in [0.05, 0.1) is 36.3 Å². The second kappa shape index (κ2) is 6.67. The molecule has 1 aromatic carbocycles. The van der Waals surface area contributed by atoms with Crippen molar-refractivity contribution in [2.75, 3.05) is 6.61 Å². The fraction of sp³-hybridized carbons (Fsp3) is 0.611. The molecule has 2 saturated heterocycles. The molecule has 3 aliphatic rings. The molecule has 7 nitrogen and oxygen atoms in total. The number of amides is 1. The fourth-order valence-corrected chi connectivity index (χ4v) is 4.30. The molecule has 0 radical (unpaired) electrons. The summed E-state index contributed by atoms with van der Waals surface area (Å²) in [7, 11) is 0. The number of aliphatic hydroxyl groups excluding tert-OH is 2. The number of rotatable bonds is 4. The standard InChI is InChI=1S/C18H23F3N4O3/c1-17(6-7-17)13(9-2-4-10(5-3-9)18(19,20)21)25-14-12(11(8-26)24-25)15(27)23-16(28)22-14/h2-5,11-14,16,22,24,26,28H,6-8H2,1H3,(H,23,27)/t11?,12?,13-,14?,16?/m1/s1. The van der Waals surface area contributed by atoms with Crippen LogP contribution < -0.4 is 16.1 Å². The summed E-state index contributed by atoms with van der Waals surface area (Å²) < 4.78 is 38.8. The Hall–Kier alpha value is -1.72. The zero-order chi connectivity index (χ0) is 20.3. The molecule has 1 amide bonds. The first-order valence-electron chi connectivity index (χ1n) is 9.21. The van der Waals surface area contributed by atoms with E-state index in [2.05, 4.69) is 16.1 Å². The van der Waals surface area contributed by atoms with Gasteiger partial charge < -0.3 is 15.5 Å². The molecular formula is C18H23F3N4O3. The third-order valence-corrected chi connectivity index (χ3v) is 6.03. The van der Waals surface area contributed by atoms with Gasteiger partial charge in [-0.25, -0.2) is 10.4 Å². The van der Waals surface area contributed by atoms with Gasteiger partial charge in [0, 0.05) is 0 Å². The highest BCUT2D eigenvalue weighted by atomic mass is 19.4. The van der Waals surface area contributed by atoms with Gasteiger partial charge in [-0.15, -0.1) is 0 Å². The molecular weight excluding hydrogens is 377 g/mol. The van der Waals surface area contributed by atoms with Gasteiger partial charge in [-0.3, -0.25) is 10.1 Å². The molecule has 5 N–H and O–H groups in total. The van der Waals surface area contributed by atoms with E-state index >= 15 is 0 Å². The maximum Gasteiger partial charge on any atom is 0.416 e. The molecule has 2 aliphatic heterocycles. The predicted octanol–water partition coefficient (Wildman–Crippen LogP) is 0.665. The number of hydrogen-bond acceptors (Lipinski definition) is 6. The van der Waals surface area contributed by atoms with Crippen LogP contribution in [0.1, 0.15) is 36.9 Å². The van der Waals surface area contributed by atoms with Crippen molar-refractivity contribution in [1.29, 1.82) is 0 Å². The molecule has 1 aromatic rings. The molecule has 0 spiro atoms. The van der Waals surface area contributed by atoms with Crippen LogP contribution in [0.5, 0.6) is 0 Å². The topological polar surface area (TPSA) is 96.9 Å². The summed E-state index contributed by atoms with van der Waals surface area (Å²) in [6, 6.07) is 4.13. The first-order valence-corrected chi connectivity index (χ1v) is 9.21. The van der Waals surface area contributed by atoms with Crippen molar-refractivity contribution in [2.24, 2.45) is 11.3 Å². The van der Waals surface area contributed by atoms with E-state index < -0.39 is 42.1 Å². The highest BCUT2D eigenvalue weighted by molar-refractivity contribution is 5.81. The van der Waals surface area contributed by atoms with Crippen molar-refractivity contribution in [3.05, 3.63) is 35.4 Å². The lowest BCUT2D eigenvalue weighted by molar-refractivity contribution is -0.138. The number of nitrogens with one attached hydrogen (secondary N) is 3. The average Bonchev–Trinajstić information content (AvgIpc) is 3.25. The lowest BCUT2D eigenvalue weighted by atomic mass is 9.89. The van der Waals surface area contributed by atoms with Crippen molar-refractivity contribution < 1.29 is 28.2 Å². The quantitative estimate of drug-likeness (QED) is 0.510. The Morgan fingerprint density at radius 1 is 1.29 bits per heavy atom. The molecule has 0 bridgehead atoms. The molecule has 10 heteroatoms. The molecule has 1 saturated carbocycles. The van der Waals surface area contributed by atoms with Crippen LogP contribution in [0.25, 0.3) is 0 Å². The SMILES string of the molecule is CC1([C@@H](c2ccc(C(F)(F)F)cc2)N2NC(CO)C3C(=O)NC(O)NC32)CC1. The molecule has 3 fully saturated rings. The van der Waals surface area contributed by atoms with Gasteiger partial charge >= 0.3 is 6.18 Å². The number of halogens is 3. The van der Waals surface area contributed by atoms with Crippen LogP contribution in [0.3, 0.4) is 0 Å². The Morgan fingerprint density at radius 3 is 2.46 bits per heavy atom. The van der Waals surface area contributed by atoms with Crippen molar-refractivity contribution in [3.8, 4) is 0 Å². The van der Waals surface area contributed by atoms with E-state index in [1.807, 2.05) is 6.92 Å². The lowest BCUT2D eigenvalue weighted by Gasteiger charge is -2.40. The Bertz CT molecular complexity index is 753. The minimum Gasteiger partial charge on any atom is -0.395 e. The van der Waals surface area contributed by atoms with Gasteiger partial charge in [-0.2, -0.15) is 13.2 Å². The smallest absolute Gasteiger partial charge is 0.395 e. The van der Waals surface area contributed by atoms with E-state index in [0.717, 1.165) is 25.0 Å². The van der Waals surface area contributed by atoms with Crippen LogP contribution in [0.4, 0.5) is 13.2 Å². The molecule has 154 valence electrons. The van der Waals surface area contributed by atoms with Crippen LogP contribution in [0.2, 0.25) is 0 Å². The zero-order valence-electron chi connectivity index (χ0n) is 15.2. The minimum atomic E-state index is -4.41. The van der Waals surface area contributed by atoms with Crippen LogP contribution in [-0.2, 0) is 11.0 Å². The van der Waals surface area contributed by atoms with E-state index in [0.29, 0.717) is 5.56 Å². The number of hydrogen-bond donors (Lipinski definition) is 5.